The number of imidazole rings is 1. The number of hydrogen-bond donors (Lipinski definition) is 1. The molecule has 1 aliphatic heterocycles. The third-order valence-corrected chi connectivity index (χ3v) is 4.94. The van der Waals surface area contributed by atoms with E-state index in [1.165, 1.54) is 18.3 Å². The lowest BCUT2D eigenvalue weighted by molar-refractivity contribution is -0.385. The Hall–Kier alpha value is -3.30. The van der Waals surface area contributed by atoms with Crippen molar-refractivity contribution in [3.05, 3.63) is 58.1 Å². The van der Waals surface area contributed by atoms with Gasteiger partial charge in [0.05, 0.1) is 29.2 Å². The first-order valence-electron chi connectivity index (χ1n) is 9.39. The molecule has 0 aliphatic carbocycles. The number of nitro benzene ring substituents is 1. The summed E-state index contributed by atoms with van der Waals surface area (Å²) < 4.78 is 7.42. The minimum atomic E-state index is -0.621. The Morgan fingerprint density at radius 3 is 2.76 bits per heavy atom. The molecular formula is C20H21N5O4. The highest BCUT2D eigenvalue weighted by Gasteiger charge is 2.16. The average Bonchev–Trinajstić information content (AvgIpc) is 3.09. The van der Waals surface area contributed by atoms with E-state index in [0.717, 1.165) is 43.9 Å². The van der Waals surface area contributed by atoms with Crippen LogP contribution in [0.3, 0.4) is 0 Å². The van der Waals surface area contributed by atoms with Gasteiger partial charge >= 0.3 is 5.69 Å². The lowest BCUT2D eigenvalue weighted by Crippen LogP contribution is -2.38. The van der Waals surface area contributed by atoms with Gasteiger partial charge in [0.2, 0.25) is 11.7 Å². The molecule has 1 aliphatic rings. The second-order valence-corrected chi connectivity index (χ2v) is 6.74. The van der Waals surface area contributed by atoms with Gasteiger partial charge in [0.15, 0.2) is 0 Å². The summed E-state index contributed by atoms with van der Waals surface area (Å²) in [5.41, 5.74) is 1.71. The topological polar surface area (TPSA) is 106 Å². The molecule has 0 bridgehead atoms. The number of nitrogens with zero attached hydrogens (tertiary/aromatic N) is 5. The van der Waals surface area contributed by atoms with Crippen molar-refractivity contribution in [1.29, 1.82) is 0 Å². The quantitative estimate of drug-likeness (QED) is 0.391. The van der Waals surface area contributed by atoms with E-state index in [9.17, 15) is 15.2 Å². The monoisotopic (exact) mass is 395 g/mol. The van der Waals surface area contributed by atoms with E-state index >= 15 is 0 Å². The van der Waals surface area contributed by atoms with Crippen molar-refractivity contribution in [2.45, 2.75) is 6.54 Å². The highest BCUT2D eigenvalue weighted by molar-refractivity contribution is 5.87. The smallest absolute Gasteiger partial charge is 0.311 e. The van der Waals surface area contributed by atoms with Gasteiger partial charge in [0.1, 0.15) is 0 Å². The lowest BCUT2D eigenvalue weighted by Gasteiger charge is -2.26. The van der Waals surface area contributed by atoms with Gasteiger partial charge < -0.3 is 14.4 Å². The third kappa shape index (κ3) is 4.10. The Balaban J connectivity index is 1.64. The molecule has 0 unspecified atom stereocenters. The largest absolute Gasteiger partial charge is 0.502 e. The number of phenolic OH excluding ortho intramolecular Hbond substituents is 1. The van der Waals surface area contributed by atoms with E-state index in [1.54, 1.807) is 6.07 Å². The summed E-state index contributed by atoms with van der Waals surface area (Å²) >= 11 is 0. The number of nitro groups is 1. The van der Waals surface area contributed by atoms with Crippen LogP contribution in [-0.4, -0.2) is 63.5 Å². The fourth-order valence-corrected chi connectivity index (χ4v) is 3.38. The number of aromatic hydroxyl groups is 1. The molecule has 150 valence electrons. The van der Waals surface area contributed by atoms with Crippen LogP contribution in [0, 0.1) is 10.1 Å². The molecule has 2 heterocycles. The van der Waals surface area contributed by atoms with E-state index in [1.807, 2.05) is 28.8 Å². The highest BCUT2D eigenvalue weighted by atomic mass is 16.6. The normalized spacial score (nSPS) is 15.3. The zero-order valence-corrected chi connectivity index (χ0v) is 15.8. The molecule has 2 aromatic carbocycles. The van der Waals surface area contributed by atoms with Crippen molar-refractivity contribution in [3.8, 4) is 5.75 Å². The molecule has 1 fully saturated rings. The van der Waals surface area contributed by atoms with Crippen molar-refractivity contribution < 1.29 is 14.8 Å². The van der Waals surface area contributed by atoms with E-state index in [4.69, 9.17) is 4.74 Å². The standard InChI is InChI=1S/C20H21N5O4/c26-19-15(4-3-7-18(19)25(27)28)14-21-20-22-16-5-1-2-6-17(16)24(20)9-8-23-10-12-29-13-11-23/h1-7,14,26H,8-13H2. The molecule has 29 heavy (non-hydrogen) atoms. The van der Waals surface area contributed by atoms with Crippen molar-refractivity contribution in [2.24, 2.45) is 4.99 Å². The second-order valence-electron chi connectivity index (χ2n) is 6.74. The summed E-state index contributed by atoms with van der Waals surface area (Å²) in [7, 11) is 0. The van der Waals surface area contributed by atoms with E-state index < -0.39 is 10.7 Å². The van der Waals surface area contributed by atoms with E-state index in [2.05, 4.69) is 14.9 Å². The van der Waals surface area contributed by atoms with Crippen molar-refractivity contribution in [3.63, 3.8) is 0 Å². The van der Waals surface area contributed by atoms with Crippen LogP contribution in [0.25, 0.3) is 11.0 Å². The maximum atomic E-state index is 11.0. The Kier molecular flexibility index (Phi) is 5.50. The molecule has 9 heteroatoms. The van der Waals surface area contributed by atoms with Crippen molar-refractivity contribution in [1.82, 2.24) is 14.5 Å². The minimum Gasteiger partial charge on any atom is -0.502 e. The molecule has 1 saturated heterocycles. The third-order valence-electron chi connectivity index (χ3n) is 4.94. The first kappa shape index (κ1) is 19.0. The van der Waals surface area contributed by atoms with Gasteiger partial charge in [0, 0.05) is 44.0 Å². The predicted octanol–water partition coefficient (Wildman–Crippen LogP) is 2.73. The Morgan fingerprint density at radius 1 is 1.17 bits per heavy atom. The fourth-order valence-electron chi connectivity index (χ4n) is 3.38. The molecule has 1 N–H and O–H groups in total. The molecule has 3 aromatic rings. The molecule has 0 atom stereocenters. The van der Waals surface area contributed by atoms with Crippen LogP contribution in [0.15, 0.2) is 47.5 Å². The van der Waals surface area contributed by atoms with Crippen LogP contribution in [-0.2, 0) is 11.3 Å². The SMILES string of the molecule is O=[N+]([O-])c1cccc(C=Nc2nc3ccccc3n2CCN2CCOCC2)c1O. The van der Waals surface area contributed by atoms with Gasteiger partial charge in [0.25, 0.3) is 0 Å². The van der Waals surface area contributed by atoms with Crippen LogP contribution in [0.2, 0.25) is 0 Å². The van der Waals surface area contributed by atoms with Gasteiger partial charge in [-0.3, -0.25) is 15.0 Å². The molecule has 1 aromatic heterocycles. The first-order chi connectivity index (χ1) is 14.1. The summed E-state index contributed by atoms with van der Waals surface area (Å²) in [4.78, 5) is 21.8. The summed E-state index contributed by atoms with van der Waals surface area (Å²) in [6, 6.07) is 12.1. The summed E-state index contributed by atoms with van der Waals surface area (Å²) in [6.45, 7) is 4.81. The molecule has 9 nitrogen and oxygen atoms in total. The lowest BCUT2D eigenvalue weighted by atomic mass is 10.2. The number of ether oxygens (including phenoxy) is 1. The van der Waals surface area contributed by atoms with Crippen molar-refractivity contribution >= 4 is 28.9 Å². The molecular weight excluding hydrogens is 374 g/mol. The van der Waals surface area contributed by atoms with Gasteiger partial charge in [-0.25, -0.2) is 9.98 Å². The maximum absolute atomic E-state index is 11.0. The van der Waals surface area contributed by atoms with Gasteiger partial charge in [-0.05, 0) is 18.2 Å². The van der Waals surface area contributed by atoms with Gasteiger partial charge in [-0.2, -0.15) is 0 Å². The molecule has 4 rings (SSSR count). The minimum absolute atomic E-state index is 0.269. The maximum Gasteiger partial charge on any atom is 0.311 e. The van der Waals surface area contributed by atoms with Crippen LogP contribution in [0.5, 0.6) is 5.75 Å². The molecule has 0 spiro atoms. The van der Waals surface area contributed by atoms with Crippen LogP contribution >= 0.6 is 0 Å². The number of morpholine rings is 1. The number of fused-ring (bicyclic) bond motifs is 1. The number of phenols is 1. The molecule has 0 amide bonds. The van der Waals surface area contributed by atoms with E-state index in [0.29, 0.717) is 12.5 Å². The summed E-state index contributed by atoms with van der Waals surface area (Å²) in [5, 5.41) is 21.2. The number of hydrogen-bond acceptors (Lipinski definition) is 7. The Bertz CT molecular complexity index is 1060. The number of aromatic nitrogens is 2. The number of benzene rings is 2. The molecule has 0 radical (unpaired) electrons. The van der Waals surface area contributed by atoms with Crippen LogP contribution in [0.4, 0.5) is 11.6 Å². The van der Waals surface area contributed by atoms with Crippen LogP contribution < -0.4 is 0 Å². The number of aliphatic imine (C=N–C) groups is 1. The zero-order chi connectivity index (χ0) is 20.2. The zero-order valence-electron chi connectivity index (χ0n) is 15.8. The van der Waals surface area contributed by atoms with Crippen LogP contribution in [0.1, 0.15) is 5.56 Å². The fraction of sp³-hybridized carbons (Fsp3) is 0.300. The predicted molar refractivity (Wildman–Crippen MR) is 109 cm³/mol. The number of para-hydroxylation sites is 3. The summed E-state index contributed by atoms with van der Waals surface area (Å²) in [5.74, 6) is 0.0857. The van der Waals surface area contributed by atoms with Gasteiger partial charge in [-0.1, -0.05) is 18.2 Å². The van der Waals surface area contributed by atoms with E-state index in [-0.39, 0.29) is 11.3 Å². The molecule has 0 saturated carbocycles. The average molecular weight is 395 g/mol. The van der Waals surface area contributed by atoms with Gasteiger partial charge in [-0.15, -0.1) is 0 Å². The summed E-state index contributed by atoms with van der Waals surface area (Å²) in [6.07, 6.45) is 1.41. The first-order valence-corrected chi connectivity index (χ1v) is 9.39. The van der Waals surface area contributed by atoms with Crippen molar-refractivity contribution in [2.75, 3.05) is 32.8 Å². The highest BCUT2D eigenvalue weighted by Crippen LogP contribution is 2.29. The second kappa shape index (κ2) is 8.38. The number of rotatable bonds is 6. The Morgan fingerprint density at radius 2 is 1.97 bits per heavy atom. The Labute approximate surface area is 167 Å².